The van der Waals surface area contributed by atoms with E-state index in [0.29, 0.717) is 12.2 Å². The second kappa shape index (κ2) is 8.92. The van der Waals surface area contributed by atoms with Crippen LogP contribution in [0.15, 0.2) is 42.5 Å². The van der Waals surface area contributed by atoms with Gasteiger partial charge in [0.05, 0.1) is 18.7 Å². The molecule has 1 N–H and O–H groups in total. The van der Waals surface area contributed by atoms with E-state index in [0.717, 1.165) is 29.1 Å². The smallest absolute Gasteiger partial charge is 0.338 e. The zero-order chi connectivity index (χ0) is 22.8. The van der Waals surface area contributed by atoms with Crippen molar-refractivity contribution < 1.29 is 18.9 Å². The maximum absolute atomic E-state index is 12.8. The molecule has 3 aromatic rings. The first-order valence-electron chi connectivity index (χ1n) is 10.8. The highest BCUT2D eigenvalue weighted by atomic mass is 16.5. The van der Waals surface area contributed by atoms with Crippen LogP contribution in [0.2, 0.25) is 0 Å². The molecule has 0 aliphatic heterocycles. The molecule has 0 aliphatic rings. The molecule has 0 fully saturated rings. The highest BCUT2D eigenvalue weighted by molar-refractivity contribution is 5.94. The Morgan fingerprint density at radius 2 is 1.74 bits per heavy atom. The monoisotopic (exact) mass is 422 g/mol. The molecular weight excluding hydrogens is 390 g/mol. The number of carbonyl (C=O) groups excluding carboxylic acids is 2. The largest absolute Gasteiger partial charge is 0.462 e. The number of aryl methyl sites for hydroxylation is 1. The van der Waals surface area contributed by atoms with Gasteiger partial charge in [0.2, 0.25) is 0 Å². The molecule has 6 heteroatoms. The van der Waals surface area contributed by atoms with Gasteiger partial charge in [0, 0.05) is 18.7 Å². The molecule has 2 aromatic carbocycles. The van der Waals surface area contributed by atoms with Gasteiger partial charge >= 0.3 is 5.97 Å². The van der Waals surface area contributed by atoms with Crippen molar-refractivity contribution in [3.05, 3.63) is 59.4 Å². The van der Waals surface area contributed by atoms with Crippen molar-refractivity contribution in [3.63, 3.8) is 0 Å². The molecule has 0 bridgehead atoms. The normalized spacial score (nSPS) is 11.5. The summed E-state index contributed by atoms with van der Waals surface area (Å²) in [7, 11) is 0. The summed E-state index contributed by atoms with van der Waals surface area (Å²) >= 11 is 0. The highest BCUT2D eigenvalue weighted by Gasteiger charge is 2.24. The number of imidazole rings is 1. The molecule has 0 atom stereocenters. The first-order chi connectivity index (χ1) is 14.7. The summed E-state index contributed by atoms with van der Waals surface area (Å²) in [6.07, 6.45) is 0. The SMILES string of the molecule is CCOC(=O)c1ccc2c(c1)n(CC(=O)Nc1ccc(C(C)(C)C)cc1)c(C)[n+]2CC. The second-order valence-corrected chi connectivity index (χ2v) is 8.68. The van der Waals surface area contributed by atoms with E-state index < -0.39 is 0 Å². The molecule has 0 spiro atoms. The van der Waals surface area contributed by atoms with Crippen molar-refractivity contribution in [2.75, 3.05) is 11.9 Å². The fourth-order valence-electron chi connectivity index (χ4n) is 3.80. The van der Waals surface area contributed by atoms with Crippen LogP contribution < -0.4 is 9.88 Å². The molecule has 0 aliphatic carbocycles. The lowest BCUT2D eigenvalue weighted by Gasteiger charge is -2.19. The standard InChI is InChI=1S/C25H31N3O3/c1-7-27-17(3)28(22-15-18(9-14-21(22)27)24(30)31-8-2)16-23(29)26-20-12-10-19(11-13-20)25(4,5)6/h9-15H,7-8,16H2,1-6H3/p+1. The van der Waals surface area contributed by atoms with Crippen LogP contribution >= 0.6 is 0 Å². The number of anilines is 1. The van der Waals surface area contributed by atoms with Gasteiger partial charge in [-0.15, -0.1) is 0 Å². The fraction of sp³-hybridized carbons (Fsp3) is 0.400. The Hall–Kier alpha value is -3.15. The summed E-state index contributed by atoms with van der Waals surface area (Å²) in [5, 5.41) is 2.99. The number of ether oxygens (including phenoxy) is 1. The summed E-state index contributed by atoms with van der Waals surface area (Å²) in [6, 6.07) is 13.4. The molecule has 0 radical (unpaired) electrons. The molecule has 0 unspecified atom stereocenters. The Labute approximate surface area is 183 Å². The predicted molar refractivity (Wildman–Crippen MR) is 122 cm³/mol. The van der Waals surface area contributed by atoms with Crippen molar-refractivity contribution in [2.45, 2.75) is 60.0 Å². The van der Waals surface area contributed by atoms with Crippen LogP contribution in [0, 0.1) is 6.92 Å². The summed E-state index contributed by atoms with van der Waals surface area (Å²) < 4.78 is 9.22. The molecule has 0 saturated heterocycles. The number of hydrogen-bond donors (Lipinski definition) is 1. The zero-order valence-corrected chi connectivity index (χ0v) is 19.3. The predicted octanol–water partition coefficient (Wildman–Crippen LogP) is 4.37. The number of aromatic nitrogens is 2. The Balaban J connectivity index is 1.88. The molecule has 31 heavy (non-hydrogen) atoms. The molecule has 1 aromatic heterocycles. The first kappa shape index (κ1) is 22.5. The topological polar surface area (TPSA) is 64.2 Å². The van der Waals surface area contributed by atoms with E-state index in [1.165, 1.54) is 5.56 Å². The molecule has 1 amide bonds. The van der Waals surface area contributed by atoms with Crippen LogP contribution in [0.1, 0.15) is 56.4 Å². The van der Waals surface area contributed by atoms with Gasteiger partial charge in [-0.1, -0.05) is 32.9 Å². The second-order valence-electron chi connectivity index (χ2n) is 8.68. The maximum atomic E-state index is 12.8. The molecule has 164 valence electrons. The van der Waals surface area contributed by atoms with E-state index in [9.17, 15) is 9.59 Å². The van der Waals surface area contributed by atoms with Crippen molar-refractivity contribution in [2.24, 2.45) is 0 Å². The number of benzene rings is 2. The van der Waals surface area contributed by atoms with Crippen LogP contribution in [0.25, 0.3) is 11.0 Å². The minimum atomic E-state index is -0.360. The number of carbonyl (C=O) groups is 2. The third-order valence-corrected chi connectivity index (χ3v) is 5.50. The number of esters is 1. The van der Waals surface area contributed by atoms with Crippen LogP contribution in [0.4, 0.5) is 5.69 Å². The first-order valence-corrected chi connectivity index (χ1v) is 10.8. The Morgan fingerprint density at radius 3 is 2.32 bits per heavy atom. The maximum Gasteiger partial charge on any atom is 0.338 e. The van der Waals surface area contributed by atoms with Gasteiger partial charge in [-0.25, -0.2) is 13.9 Å². The van der Waals surface area contributed by atoms with Gasteiger partial charge in [0.1, 0.15) is 0 Å². The Morgan fingerprint density at radius 1 is 1.06 bits per heavy atom. The average molecular weight is 423 g/mol. The average Bonchev–Trinajstić information content (AvgIpc) is 2.98. The minimum absolute atomic E-state index is 0.0636. The quantitative estimate of drug-likeness (QED) is 0.474. The van der Waals surface area contributed by atoms with Crippen molar-refractivity contribution in [3.8, 4) is 0 Å². The highest BCUT2D eigenvalue weighted by Crippen LogP contribution is 2.23. The van der Waals surface area contributed by atoms with Gasteiger partial charge < -0.3 is 10.1 Å². The van der Waals surface area contributed by atoms with Gasteiger partial charge in [0.15, 0.2) is 17.6 Å². The number of hydrogen-bond acceptors (Lipinski definition) is 3. The summed E-state index contributed by atoms with van der Waals surface area (Å²) in [6.45, 7) is 13.6. The zero-order valence-electron chi connectivity index (χ0n) is 19.3. The van der Waals surface area contributed by atoms with Gasteiger partial charge in [-0.05, 0) is 49.1 Å². The summed E-state index contributed by atoms with van der Waals surface area (Å²) in [5.74, 6) is 0.478. The lowest BCUT2D eigenvalue weighted by Crippen LogP contribution is -2.35. The van der Waals surface area contributed by atoms with Crippen LogP contribution in [-0.4, -0.2) is 23.1 Å². The molecule has 6 nitrogen and oxygen atoms in total. The van der Waals surface area contributed by atoms with Crippen molar-refractivity contribution in [1.82, 2.24) is 4.57 Å². The van der Waals surface area contributed by atoms with Crippen molar-refractivity contribution >= 4 is 28.6 Å². The van der Waals surface area contributed by atoms with Crippen LogP contribution in [0.5, 0.6) is 0 Å². The third-order valence-electron chi connectivity index (χ3n) is 5.50. The number of amides is 1. The Kier molecular flexibility index (Phi) is 6.48. The lowest BCUT2D eigenvalue weighted by atomic mass is 9.87. The van der Waals surface area contributed by atoms with Crippen LogP contribution in [-0.2, 0) is 28.0 Å². The lowest BCUT2D eigenvalue weighted by molar-refractivity contribution is -0.674. The Bertz CT molecular complexity index is 1110. The van der Waals surface area contributed by atoms with Gasteiger partial charge in [-0.2, -0.15) is 0 Å². The number of nitrogens with one attached hydrogen (secondary N) is 1. The van der Waals surface area contributed by atoms with E-state index in [1.807, 2.05) is 41.8 Å². The number of nitrogens with zero attached hydrogens (tertiary/aromatic N) is 2. The molecule has 3 rings (SSSR count). The minimum Gasteiger partial charge on any atom is -0.462 e. The van der Waals surface area contributed by atoms with E-state index in [-0.39, 0.29) is 23.8 Å². The van der Waals surface area contributed by atoms with E-state index >= 15 is 0 Å². The summed E-state index contributed by atoms with van der Waals surface area (Å²) in [5.41, 5.74) is 4.35. The van der Waals surface area contributed by atoms with Crippen molar-refractivity contribution in [1.29, 1.82) is 0 Å². The number of rotatable bonds is 6. The molecule has 0 saturated carbocycles. The summed E-state index contributed by atoms with van der Waals surface area (Å²) in [4.78, 5) is 25.1. The molecule has 1 heterocycles. The van der Waals surface area contributed by atoms with E-state index in [4.69, 9.17) is 4.74 Å². The van der Waals surface area contributed by atoms with E-state index in [2.05, 4.69) is 37.6 Å². The van der Waals surface area contributed by atoms with Gasteiger partial charge in [-0.3, -0.25) is 4.79 Å². The van der Waals surface area contributed by atoms with Gasteiger partial charge in [0.25, 0.3) is 11.7 Å². The van der Waals surface area contributed by atoms with E-state index in [1.54, 1.807) is 19.1 Å². The third kappa shape index (κ3) is 4.79. The molecular formula is C25H32N3O3+. The van der Waals surface area contributed by atoms with Crippen LogP contribution in [0.3, 0.4) is 0 Å². The fourth-order valence-corrected chi connectivity index (χ4v) is 3.80. The number of fused-ring (bicyclic) bond motifs is 1.